The molecule has 1 aromatic rings. The zero-order valence-electron chi connectivity index (χ0n) is 10.6. The van der Waals surface area contributed by atoms with E-state index in [1.807, 2.05) is 37.3 Å². The quantitative estimate of drug-likeness (QED) is 0.422. The minimum Gasteiger partial charge on any atom is -0.461 e. The van der Waals surface area contributed by atoms with Crippen molar-refractivity contribution in [3.63, 3.8) is 0 Å². The van der Waals surface area contributed by atoms with Crippen LogP contribution in [-0.4, -0.2) is 18.4 Å². The molecule has 96 valence electrons. The Kier molecular flexibility index (Phi) is 5.85. The maximum atomic E-state index is 12.0. The van der Waals surface area contributed by atoms with Crippen LogP contribution in [0.1, 0.15) is 31.2 Å². The second kappa shape index (κ2) is 7.43. The van der Waals surface area contributed by atoms with Crippen molar-refractivity contribution in [2.75, 3.05) is 6.61 Å². The maximum absolute atomic E-state index is 12.0. The number of esters is 1. The number of Topliss-reactive ketones (excluding diaryl/α,β-unsaturated/α-hetero) is 1. The molecule has 0 amide bonds. The number of hydrogen-bond acceptors (Lipinski definition) is 3. The molecule has 1 unspecified atom stereocenters. The third kappa shape index (κ3) is 4.17. The van der Waals surface area contributed by atoms with Gasteiger partial charge in [0.1, 0.15) is 13.0 Å². The number of carbonyl (C=O) groups is 2. The van der Waals surface area contributed by atoms with Gasteiger partial charge in [-0.2, -0.15) is 0 Å². The molecule has 0 aliphatic rings. The molecule has 18 heavy (non-hydrogen) atoms. The van der Waals surface area contributed by atoms with E-state index >= 15 is 0 Å². The first-order valence-electron chi connectivity index (χ1n) is 6.03. The van der Waals surface area contributed by atoms with Crippen LogP contribution in [0.15, 0.2) is 43.0 Å². The Morgan fingerprint density at radius 2 is 2.00 bits per heavy atom. The third-order valence-electron chi connectivity index (χ3n) is 2.68. The topological polar surface area (TPSA) is 43.4 Å². The van der Waals surface area contributed by atoms with E-state index in [1.165, 1.54) is 6.08 Å². The van der Waals surface area contributed by atoms with E-state index in [4.69, 9.17) is 4.74 Å². The Balaban J connectivity index is 2.63. The van der Waals surface area contributed by atoms with Crippen molar-refractivity contribution >= 4 is 11.8 Å². The monoisotopic (exact) mass is 246 g/mol. The SMILES string of the molecule is C=CCOC(=O)CC(=O)C(CC)c1ccccc1. The number of ketones is 1. The Labute approximate surface area is 107 Å². The second-order valence-corrected chi connectivity index (χ2v) is 3.99. The minimum absolute atomic E-state index is 0.0993. The first-order valence-corrected chi connectivity index (χ1v) is 6.03. The summed E-state index contributed by atoms with van der Waals surface area (Å²) in [6.07, 6.45) is 1.98. The molecule has 0 saturated carbocycles. The normalized spacial score (nSPS) is 11.6. The Morgan fingerprint density at radius 1 is 1.33 bits per heavy atom. The van der Waals surface area contributed by atoms with E-state index in [1.54, 1.807) is 0 Å². The molecule has 0 spiro atoms. The van der Waals surface area contributed by atoms with Gasteiger partial charge in [-0.1, -0.05) is 49.9 Å². The average molecular weight is 246 g/mol. The maximum Gasteiger partial charge on any atom is 0.313 e. The van der Waals surface area contributed by atoms with Gasteiger partial charge < -0.3 is 4.74 Å². The summed E-state index contributed by atoms with van der Waals surface area (Å²) in [6, 6.07) is 9.49. The predicted molar refractivity (Wildman–Crippen MR) is 70.3 cm³/mol. The van der Waals surface area contributed by atoms with Gasteiger partial charge >= 0.3 is 5.97 Å². The fraction of sp³-hybridized carbons (Fsp3) is 0.333. The van der Waals surface area contributed by atoms with Crippen molar-refractivity contribution in [3.8, 4) is 0 Å². The van der Waals surface area contributed by atoms with E-state index in [0.29, 0.717) is 6.42 Å². The highest BCUT2D eigenvalue weighted by molar-refractivity contribution is 5.99. The molecule has 3 heteroatoms. The highest BCUT2D eigenvalue weighted by atomic mass is 16.5. The number of hydrogen-bond donors (Lipinski definition) is 0. The first-order chi connectivity index (χ1) is 8.69. The van der Waals surface area contributed by atoms with Crippen molar-refractivity contribution < 1.29 is 14.3 Å². The van der Waals surface area contributed by atoms with Crippen LogP contribution in [0.4, 0.5) is 0 Å². The summed E-state index contributed by atoms with van der Waals surface area (Å²) in [5.41, 5.74) is 0.946. The van der Waals surface area contributed by atoms with Gasteiger partial charge in [0.15, 0.2) is 5.78 Å². The molecular formula is C15H18O3. The standard InChI is InChI=1S/C15H18O3/c1-3-10-18-15(17)11-14(16)13(4-2)12-8-6-5-7-9-12/h3,5-9,13H,1,4,10-11H2,2H3. The molecular weight excluding hydrogens is 228 g/mol. The molecule has 0 radical (unpaired) electrons. The van der Waals surface area contributed by atoms with E-state index < -0.39 is 5.97 Å². The van der Waals surface area contributed by atoms with Gasteiger partial charge in [-0.3, -0.25) is 9.59 Å². The fourth-order valence-electron chi connectivity index (χ4n) is 1.80. The zero-order valence-corrected chi connectivity index (χ0v) is 10.6. The van der Waals surface area contributed by atoms with Crippen molar-refractivity contribution in [2.24, 2.45) is 0 Å². The highest BCUT2D eigenvalue weighted by Crippen LogP contribution is 2.21. The van der Waals surface area contributed by atoms with Crippen LogP contribution < -0.4 is 0 Å². The van der Waals surface area contributed by atoms with E-state index in [2.05, 4.69) is 6.58 Å². The summed E-state index contributed by atoms with van der Waals surface area (Å²) in [4.78, 5) is 23.4. The molecule has 3 nitrogen and oxygen atoms in total. The summed E-state index contributed by atoms with van der Waals surface area (Å²) in [7, 11) is 0. The van der Waals surface area contributed by atoms with Crippen molar-refractivity contribution in [1.29, 1.82) is 0 Å². The first kappa shape index (κ1) is 14.2. The molecule has 0 bridgehead atoms. The van der Waals surface area contributed by atoms with Crippen LogP contribution in [-0.2, 0) is 14.3 Å². The van der Waals surface area contributed by atoms with Gasteiger partial charge in [0.25, 0.3) is 0 Å². The lowest BCUT2D eigenvalue weighted by atomic mass is 9.91. The van der Waals surface area contributed by atoms with Gasteiger partial charge in [-0.05, 0) is 12.0 Å². The van der Waals surface area contributed by atoms with Crippen LogP contribution in [0.25, 0.3) is 0 Å². The van der Waals surface area contributed by atoms with Gasteiger partial charge in [0, 0.05) is 5.92 Å². The van der Waals surface area contributed by atoms with Crippen LogP contribution in [0, 0.1) is 0 Å². The van der Waals surface area contributed by atoms with Crippen LogP contribution >= 0.6 is 0 Å². The van der Waals surface area contributed by atoms with Crippen LogP contribution in [0.5, 0.6) is 0 Å². The number of carbonyl (C=O) groups excluding carboxylic acids is 2. The molecule has 0 N–H and O–H groups in total. The molecule has 0 heterocycles. The summed E-state index contributed by atoms with van der Waals surface area (Å²) < 4.78 is 4.81. The summed E-state index contributed by atoms with van der Waals surface area (Å²) in [5, 5.41) is 0. The smallest absolute Gasteiger partial charge is 0.313 e. The van der Waals surface area contributed by atoms with Crippen molar-refractivity contribution in [3.05, 3.63) is 48.6 Å². The van der Waals surface area contributed by atoms with E-state index in [-0.39, 0.29) is 24.7 Å². The summed E-state index contributed by atoms with van der Waals surface area (Å²) >= 11 is 0. The Hall–Kier alpha value is -1.90. The van der Waals surface area contributed by atoms with Crippen molar-refractivity contribution in [2.45, 2.75) is 25.7 Å². The molecule has 0 saturated heterocycles. The summed E-state index contributed by atoms with van der Waals surface area (Å²) in [5.74, 6) is -0.825. The lowest BCUT2D eigenvalue weighted by Gasteiger charge is -2.13. The van der Waals surface area contributed by atoms with Crippen LogP contribution in [0.2, 0.25) is 0 Å². The Morgan fingerprint density at radius 3 is 2.56 bits per heavy atom. The Bertz CT molecular complexity index is 409. The lowest BCUT2D eigenvalue weighted by Crippen LogP contribution is -2.18. The molecule has 1 aromatic carbocycles. The third-order valence-corrected chi connectivity index (χ3v) is 2.68. The van der Waals surface area contributed by atoms with Gasteiger partial charge in [-0.25, -0.2) is 0 Å². The predicted octanol–water partition coefficient (Wildman–Crippen LogP) is 2.87. The fourth-order valence-corrected chi connectivity index (χ4v) is 1.80. The van der Waals surface area contributed by atoms with Gasteiger partial charge in [0.05, 0.1) is 0 Å². The van der Waals surface area contributed by atoms with Crippen molar-refractivity contribution in [1.82, 2.24) is 0 Å². The number of ether oxygens (including phenoxy) is 1. The largest absolute Gasteiger partial charge is 0.461 e. The van der Waals surface area contributed by atoms with E-state index in [0.717, 1.165) is 5.56 Å². The molecule has 0 aliphatic heterocycles. The second-order valence-electron chi connectivity index (χ2n) is 3.99. The zero-order chi connectivity index (χ0) is 13.4. The highest BCUT2D eigenvalue weighted by Gasteiger charge is 2.21. The molecule has 0 aliphatic carbocycles. The van der Waals surface area contributed by atoms with Crippen LogP contribution in [0.3, 0.4) is 0 Å². The number of benzene rings is 1. The number of rotatable bonds is 7. The molecule has 1 atom stereocenters. The molecule has 1 rings (SSSR count). The molecule has 0 aromatic heterocycles. The minimum atomic E-state index is -0.491. The van der Waals surface area contributed by atoms with Gasteiger partial charge in [0.2, 0.25) is 0 Å². The lowest BCUT2D eigenvalue weighted by molar-refractivity contribution is -0.145. The average Bonchev–Trinajstić information content (AvgIpc) is 2.38. The van der Waals surface area contributed by atoms with Gasteiger partial charge in [-0.15, -0.1) is 0 Å². The van der Waals surface area contributed by atoms with E-state index in [9.17, 15) is 9.59 Å². The summed E-state index contributed by atoms with van der Waals surface area (Å²) in [6.45, 7) is 5.53. The molecule has 0 fully saturated rings.